The Morgan fingerprint density at radius 1 is 1.27 bits per heavy atom. The smallest absolute Gasteiger partial charge is 0.162 e. The molecule has 0 bridgehead atoms. The molecule has 2 nitrogen and oxygen atoms in total. The first kappa shape index (κ1) is 10.9. The molecule has 0 spiro atoms. The Hall–Kier alpha value is -0.0800. The van der Waals surface area contributed by atoms with Gasteiger partial charge in [0.2, 0.25) is 0 Å². The van der Waals surface area contributed by atoms with Crippen LogP contribution in [0.5, 0.6) is 0 Å². The molecule has 0 aromatic carbocycles. The molecule has 1 N–H and O–H groups in total. The van der Waals surface area contributed by atoms with Gasteiger partial charge in [0.05, 0.1) is 0 Å². The van der Waals surface area contributed by atoms with Gasteiger partial charge in [-0.3, -0.25) is 0 Å². The van der Waals surface area contributed by atoms with E-state index < -0.39 is 5.79 Å². The van der Waals surface area contributed by atoms with Gasteiger partial charge in [-0.15, -0.1) is 0 Å². The fourth-order valence-electron chi connectivity index (χ4n) is 0.982. The van der Waals surface area contributed by atoms with Gasteiger partial charge in [-0.2, -0.15) is 0 Å². The molecule has 68 valence electrons. The van der Waals surface area contributed by atoms with Gasteiger partial charge in [-0.25, -0.2) is 0 Å². The van der Waals surface area contributed by atoms with Crippen LogP contribution in [0.1, 0.15) is 46.0 Å². The summed E-state index contributed by atoms with van der Waals surface area (Å²) in [6.45, 7) is 3.88. The summed E-state index contributed by atoms with van der Waals surface area (Å²) in [6.07, 6.45) is 5.46. The third kappa shape index (κ3) is 6.32. The second-order valence-electron chi connectivity index (χ2n) is 3.19. The van der Waals surface area contributed by atoms with Gasteiger partial charge in [0.25, 0.3) is 0 Å². The predicted molar refractivity (Wildman–Crippen MR) is 46.4 cm³/mol. The quantitative estimate of drug-likeness (QED) is 0.477. The highest BCUT2D eigenvalue weighted by atomic mass is 16.6. The Balaban J connectivity index is 3.23. The number of rotatable bonds is 6. The van der Waals surface area contributed by atoms with E-state index in [0.29, 0.717) is 0 Å². The maximum Gasteiger partial charge on any atom is 0.162 e. The lowest BCUT2D eigenvalue weighted by atomic mass is 10.1. The number of hydrogen-bond acceptors (Lipinski definition) is 2. The van der Waals surface area contributed by atoms with Crippen LogP contribution in [0.4, 0.5) is 0 Å². The van der Waals surface area contributed by atoms with E-state index in [2.05, 4.69) is 6.92 Å². The normalized spacial score (nSPS) is 16.4. The van der Waals surface area contributed by atoms with Crippen molar-refractivity contribution in [2.75, 3.05) is 7.11 Å². The molecule has 0 aliphatic rings. The van der Waals surface area contributed by atoms with Gasteiger partial charge < -0.3 is 9.84 Å². The molecule has 1 atom stereocenters. The lowest BCUT2D eigenvalue weighted by Crippen LogP contribution is -2.25. The van der Waals surface area contributed by atoms with Crippen molar-refractivity contribution in [3.8, 4) is 0 Å². The highest BCUT2D eigenvalue weighted by Gasteiger charge is 2.17. The van der Waals surface area contributed by atoms with Crippen molar-refractivity contribution in [2.24, 2.45) is 0 Å². The van der Waals surface area contributed by atoms with Gasteiger partial charge in [0.15, 0.2) is 5.79 Å². The van der Waals surface area contributed by atoms with Gasteiger partial charge in [0, 0.05) is 13.5 Å². The van der Waals surface area contributed by atoms with Crippen molar-refractivity contribution in [3.05, 3.63) is 0 Å². The van der Waals surface area contributed by atoms with Crippen LogP contribution in [0.15, 0.2) is 0 Å². The highest BCUT2D eigenvalue weighted by Crippen LogP contribution is 2.14. The summed E-state index contributed by atoms with van der Waals surface area (Å²) < 4.78 is 4.87. The highest BCUT2D eigenvalue weighted by molar-refractivity contribution is 4.58. The SMILES string of the molecule is CCCCCCC(C)(O)OC. The molecule has 2 heteroatoms. The molecule has 0 aliphatic carbocycles. The molecule has 0 rings (SSSR count). The third-order valence-corrected chi connectivity index (χ3v) is 1.93. The standard InChI is InChI=1S/C9H20O2/c1-4-5-6-7-8-9(2,10)11-3/h10H,4-8H2,1-3H3. The number of ether oxygens (including phenoxy) is 1. The summed E-state index contributed by atoms with van der Waals surface area (Å²) in [6, 6.07) is 0. The maximum absolute atomic E-state index is 9.40. The van der Waals surface area contributed by atoms with Crippen LogP contribution < -0.4 is 0 Å². The molecule has 0 saturated heterocycles. The average Bonchev–Trinajstić information content (AvgIpc) is 1.99. The Labute approximate surface area is 69.6 Å². The first-order valence-corrected chi connectivity index (χ1v) is 4.40. The van der Waals surface area contributed by atoms with Crippen molar-refractivity contribution < 1.29 is 9.84 Å². The number of methoxy groups -OCH3 is 1. The van der Waals surface area contributed by atoms with Gasteiger partial charge in [0.1, 0.15) is 0 Å². The number of aliphatic hydroxyl groups is 1. The molecule has 0 saturated carbocycles. The van der Waals surface area contributed by atoms with Crippen LogP contribution in [0.3, 0.4) is 0 Å². The fraction of sp³-hybridized carbons (Fsp3) is 1.00. The minimum atomic E-state index is -0.909. The van der Waals surface area contributed by atoms with Crippen LogP contribution >= 0.6 is 0 Å². The Bertz CT molecular complexity index is 89.6. The summed E-state index contributed by atoms with van der Waals surface area (Å²) in [5, 5.41) is 9.40. The molecule has 0 aliphatic heterocycles. The van der Waals surface area contributed by atoms with E-state index in [9.17, 15) is 5.11 Å². The van der Waals surface area contributed by atoms with E-state index in [1.807, 2.05) is 0 Å². The molecule has 11 heavy (non-hydrogen) atoms. The molecule has 0 radical (unpaired) electrons. The van der Waals surface area contributed by atoms with E-state index in [1.54, 1.807) is 14.0 Å². The van der Waals surface area contributed by atoms with Crippen LogP contribution in [0.2, 0.25) is 0 Å². The minimum absolute atomic E-state index is 0.740. The van der Waals surface area contributed by atoms with E-state index in [0.717, 1.165) is 12.8 Å². The largest absolute Gasteiger partial charge is 0.366 e. The number of hydrogen-bond donors (Lipinski definition) is 1. The molecule has 0 heterocycles. The molecule has 1 unspecified atom stereocenters. The van der Waals surface area contributed by atoms with E-state index >= 15 is 0 Å². The van der Waals surface area contributed by atoms with Crippen molar-refractivity contribution in [2.45, 2.75) is 51.7 Å². The lowest BCUT2D eigenvalue weighted by molar-refractivity contribution is -0.175. The topological polar surface area (TPSA) is 29.5 Å². The van der Waals surface area contributed by atoms with Crippen LogP contribution in [-0.2, 0) is 4.74 Å². The Morgan fingerprint density at radius 3 is 2.36 bits per heavy atom. The van der Waals surface area contributed by atoms with Gasteiger partial charge in [-0.1, -0.05) is 26.2 Å². The van der Waals surface area contributed by atoms with E-state index in [1.165, 1.54) is 19.3 Å². The summed E-state index contributed by atoms with van der Waals surface area (Å²) in [5.41, 5.74) is 0. The minimum Gasteiger partial charge on any atom is -0.366 e. The van der Waals surface area contributed by atoms with Gasteiger partial charge >= 0.3 is 0 Å². The van der Waals surface area contributed by atoms with Crippen molar-refractivity contribution >= 4 is 0 Å². The van der Waals surface area contributed by atoms with E-state index in [4.69, 9.17) is 4.74 Å². The van der Waals surface area contributed by atoms with Crippen molar-refractivity contribution in [3.63, 3.8) is 0 Å². The van der Waals surface area contributed by atoms with Crippen LogP contribution in [0, 0.1) is 0 Å². The zero-order valence-electron chi connectivity index (χ0n) is 7.89. The molecular weight excluding hydrogens is 140 g/mol. The zero-order valence-corrected chi connectivity index (χ0v) is 7.89. The van der Waals surface area contributed by atoms with Crippen LogP contribution in [-0.4, -0.2) is 18.0 Å². The first-order chi connectivity index (χ1) is 5.12. The maximum atomic E-state index is 9.40. The Kier molecular flexibility index (Phi) is 5.51. The molecule has 0 aromatic heterocycles. The first-order valence-electron chi connectivity index (χ1n) is 4.40. The second kappa shape index (κ2) is 5.56. The summed E-state index contributed by atoms with van der Waals surface area (Å²) >= 11 is 0. The molecular formula is C9H20O2. The molecule has 0 aromatic rings. The van der Waals surface area contributed by atoms with Gasteiger partial charge in [-0.05, 0) is 13.3 Å². The zero-order chi connectivity index (χ0) is 8.74. The summed E-state index contributed by atoms with van der Waals surface area (Å²) in [4.78, 5) is 0. The summed E-state index contributed by atoms with van der Waals surface area (Å²) in [5.74, 6) is -0.909. The summed E-state index contributed by atoms with van der Waals surface area (Å²) in [7, 11) is 1.54. The average molecular weight is 160 g/mol. The predicted octanol–water partition coefficient (Wildman–Crippen LogP) is 2.31. The van der Waals surface area contributed by atoms with Crippen molar-refractivity contribution in [1.82, 2.24) is 0 Å². The lowest BCUT2D eigenvalue weighted by Gasteiger charge is -2.20. The Morgan fingerprint density at radius 2 is 1.91 bits per heavy atom. The second-order valence-corrected chi connectivity index (χ2v) is 3.19. The molecule has 0 fully saturated rings. The fourth-order valence-corrected chi connectivity index (χ4v) is 0.982. The third-order valence-electron chi connectivity index (χ3n) is 1.93. The van der Waals surface area contributed by atoms with E-state index in [-0.39, 0.29) is 0 Å². The van der Waals surface area contributed by atoms with Crippen molar-refractivity contribution in [1.29, 1.82) is 0 Å². The number of unbranched alkanes of at least 4 members (excludes halogenated alkanes) is 3. The monoisotopic (exact) mass is 160 g/mol. The molecule has 0 amide bonds. The van der Waals surface area contributed by atoms with Crippen LogP contribution in [0.25, 0.3) is 0 Å².